The van der Waals surface area contributed by atoms with Crippen LogP contribution < -0.4 is 0 Å². The number of rotatable bonds is 60. The second kappa shape index (κ2) is 65.8. The summed E-state index contributed by atoms with van der Waals surface area (Å²) in [4.78, 5) is 38.3. The van der Waals surface area contributed by atoms with Gasteiger partial charge in [-0.3, -0.25) is 14.4 Å². The maximum atomic E-state index is 12.9. The van der Waals surface area contributed by atoms with Crippen LogP contribution in [0.15, 0.2) is 97.2 Å². The molecule has 0 spiro atoms. The van der Waals surface area contributed by atoms with Gasteiger partial charge in [0.2, 0.25) is 0 Å². The molecule has 0 aliphatic carbocycles. The summed E-state index contributed by atoms with van der Waals surface area (Å²) in [5.74, 6) is -0.954. The van der Waals surface area contributed by atoms with Crippen LogP contribution >= 0.6 is 0 Å². The van der Waals surface area contributed by atoms with Crippen molar-refractivity contribution in [3.63, 3.8) is 0 Å². The number of carbonyl (C=O) groups is 3. The molecular weight excluding hydrogens is 961 g/mol. The Bertz CT molecular complexity index is 1530. The van der Waals surface area contributed by atoms with Crippen LogP contribution in [0.1, 0.15) is 323 Å². The highest BCUT2D eigenvalue weighted by Gasteiger charge is 2.19. The molecule has 0 bridgehead atoms. The molecule has 0 aliphatic rings. The van der Waals surface area contributed by atoms with Gasteiger partial charge in [0.25, 0.3) is 0 Å². The first-order valence-electron chi connectivity index (χ1n) is 33.2. The maximum absolute atomic E-state index is 12.9. The van der Waals surface area contributed by atoms with Gasteiger partial charge in [0, 0.05) is 19.3 Å². The minimum Gasteiger partial charge on any atom is -0.462 e. The minimum atomic E-state index is -0.805. The van der Waals surface area contributed by atoms with E-state index in [4.69, 9.17) is 14.2 Å². The van der Waals surface area contributed by atoms with Crippen molar-refractivity contribution in [1.29, 1.82) is 0 Å². The highest BCUT2D eigenvalue weighted by molar-refractivity contribution is 5.71. The summed E-state index contributed by atoms with van der Waals surface area (Å²) >= 11 is 0. The molecule has 6 nitrogen and oxygen atoms in total. The van der Waals surface area contributed by atoms with Gasteiger partial charge >= 0.3 is 17.9 Å². The number of hydrogen-bond acceptors (Lipinski definition) is 6. The van der Waals surface area contributed by atoms with Crippen LogP contribution in [-0.2, 0) is 28.6 Å². The molecule has 0 rings (SSSR count). The van der Waals surface area contributed by atoms with Crippen molar-refractivity contribution in [3.8, 4) is 0 Å². The third-order valence-electron chi connectivity index (χ3n) is 14.3. The lowest BCUT2D eigenvalue weighted by Crippen LogP contribution is -2.30. The number of allylic oxidation sites excluding steroid dienone is 16. The first-order valence-corrected chi connectivity index (χ1v) is 33.2. The van der Waals surface area contributed by atoms with Crippen molar-refractivity contribution in [2.24, 2.45) is 0 Å². The van der Waals surface area contributed by atoms with Crippen LogP contribution in [0.25, 0.3) is 0 Å². The highest BCUT2D eigenvalue weighted by atomic mass is 16.6. The molecular formula is C72H124O6. The van der Waals surface area contributed by atoms with Crippen molar-refractivity contribution in [1.82, 2.24) is 0 Å². The van der Waals surface area contributed by atoms with Gasteiger partial charge in [-0.05, 0) is 96.3 Å². The molecule has 1 unspecified atom stereocenters. The van der Waals surface area contributed by atoms with E-state index in [2.05, 4.69) is 118 Å². The maximum Gasteiger partial charge on any atom is 0.306 e. The number of carbonyl (C=O) groups excluding carboxylic acids is 3. The molecule has 0 aromatic rings. The molecule has 0 heterocycles. The third-order valence-corrected chi connectivity index (χ3v) is 14.3. The SMILES string of the molecule is CC/C=C\C/C=C\C/C=C\C/C=C\C/C=C\C/C=C\C/C=C\CCCC(=O)OCC(COC(=O)CCCCCCC/C=C\CCCCCCC)OC(=O)CCCCCCCCCCCCCCCCCCCCCCCCC. The Kier molecular flexibility index (Phi) is 62.7. The average molecular weight is 1090 g/mol. The molecule has 0 aromatic heterocycles. The quantitative estimate of drug-likeness (QED) is 0.0261. The average Bonchev–Trinajstić information content (AvgIpc) is 3.44. The Morgan fingerprint density at radius 1 is 0.269 bits per heavy atom. The normalized spacial score (nSPS) is 12.7. The third kappa shape index (κ3) is 63.2. The Balaban J connectivity index is 4.42. The lowest BCUT2D eigenvalue weighted by Gasteiger charge is -2.18. The fourth-order valence-corrected chi connectivity index (χ4v) is 9.37. The van der Waals surface area contributed by atoms with E-state index >= 15 is 0 Å². The zero-order valence-electron chi connectivity index (χ0n) is 51.4. The van der Waals surface area contributed by atoms with E-state index in [0.717, 1.165) is 96.3 Å². The Hall–Kier alpha value is -3.67. The van der Waals surface area contributed by atoms with Crippen molar-refractivity contribution < 1.29 is 28.6 Å². The fourth-order valence-electron chi connectivity index (χ4n) is 9.37. The first kappa shape index (κ1) is 74.3. The van der Waals surface area contributed by atoms with E-state index in [-0.39, 0.29) is 37.5 Å². The lowest BCUT2D eigenvalue weighted by atomic mass is 10.0. The zero-order valence-corrected chi connectivity index (χ0v) is 51.4. The minimum absolute atomic E-state index is 0.0977. The van der Waals surface area contributed by atoms with Crippen LogP contribution in [0, 0.1) is 0 Å². The van der Waals surface area contributed by atoms with Crippen LogP contribution in [0.4, 0.5) is 0 Å². The van der Waals surface area contributed by atoms with E-state index in [9.17, 15) is 14.4 Å². The molecule has 0 saturated carbocycles. The lowest BCUT2D eigenvalue weighted by molar-refractivity contribution is -0.167. The second-order valence-corrected chi connectivity index (χ2v) is 22.0. The van der Waals surface area contributed by atoms with Crippen molar-refractivity contribution in [2.75, 3.05) is 13.2 Å². The topological polar surface area (TPSA) is 78.9 Å². The Labute approximate surface area is 483 Å². The van der Waals surface area contributed by atoms with E-state index in [1.165, 1.54) is 180 Å². The van der Waals surface area contributed by atoms with Crippen LogP contribution in [0.5, 0.6) is 0 Å². The standard InChI is InChI=1S/C72H124O6/c1-4-7-10-13-16-19-22-25-28-30-32-34-36-38-40-42-44-47-50-53-56-59-62-65-71(74)77-68-69(67-76-70(73)64-61-58-55-52-49-46-27-24-21-18-15-12-9-6-3)78-72(75)66-63-60-57-54-51-48-45-43-41-39-37-35-33-31-29-26-23-20-17-14-11-8-5-2/h7,10,16,19,24-25,27-28,32,34,38,40,44,47,53,56,69H,4-6,8-9,11-15,17-18,20-23,26,29-31,33,35-37,39,41-43,45-46,48-52,54-55,57-68H2,1-3H3/b10-7-,19-16-,27-24-,28-25-,34-32-,40-38-,47-44-,56-53-. The van der Waals surface area contributed by atoms with Gasteiger partial charge in [-0.1, -0.05) is 304 Å². The smallest absolute Gasteiger partial charge is 0.306 e. The first-order chi connectivity index (χ1) is 38.5. The van der Waals surface area contributed by atoms with E-state index in [1.54, 1.807) is 0 Å². The Morgan fingerprint density at radius 2 is 0.513 bits per heavy atom. The summed E-state index contributed by atoms with van der Waals surface area (Å²) in [6.45, 7) is 6.50. The predicted octanol–water partition coefficient (Wildman–Crippen LogP) is 22.8. The fraction of sp³-hybridized carbons (Fsp3) is 0.736. The number of hydrogen-bond donors (Lipinski definition) is 0. The second-order valence-electron chi connectivity index (χ2n) is 22.0. The van der Waals surface area contributed by atoms with Gasteiger partial charge in [0.1, 0.15) is 13.2 Å². The van der Waals surface area contributed by atoms with Crippen LogP contribution in [0.2, 0.25) is 0 Å². The van der Waals surface area contributed by atoms with E-state index in [1.807, 2.05) is 0 Å². The van der Waals surface area contributed by atoms with Crippen LogP contribution in [-0.4, -0.2) is 37.2 Å². The Morgan fingerprint density at radius 3 is 0.846 bits per heavy atom. The summed E-state index contributed by atoms with van der Waals surface area (Å²) in [7, 11) is 0. The van der Waals surface area contributed by atoms with E-state index < -0.39 is 6.10 Å². The molecule has 1 atom stereocenters. The van der Waals surface area contributed by atoms with E-state index in [0.29, 0.717) is 19.3 Å². The van der Waals surface area contributed by atoms with Crippen LogP contribution in [0.3, 0.4) is 0 Å². The van der Waals surface area contributed by atoms with Crippen molar-refractivity contribution in [3.05, 3.63) is 97.2 Å². The summed E-state index contributed by atoms with van der Waals surface area (Å²) in [5.41, 5.74) is 0. The summed E-state index contributed by atoms with van der Waals surface area (Å²) in [6.07, 6.45) is 88.6. The molecule has 0 radical (unpaired) electrons. The molecule has 0 fully saturated rings. The molecule has 78 heavy (non-hydrogen) atoms. The summed E-state index contributed by atoms with van der Waals surface area (Å²) < 4.78 is 16.9. The largest absolute Gasteiger partial charge is 0.462 e. The predicted molar refractivity (Wildman–Crippen MR) is 339 cm³/mol. The molecule has 0 saturated heterocycles. The zero-order chi connectivity index (χ0) is 56.4. The number of unbranched alkanes of at least 4 members (excludes halogenated alkanes) is 33. The van der Waals surface area contributed by atoms with Crippen molar-refractivity contribution in [2.45, 2.75) is 329 Å². The molecule has 0 aliphatic heterocycles. The monoisotopic (exact) mass is 1080 g/mol. The summed E-state index contributed by atoms with van der Waals surface area (Å²) in [5, 5.41) is 0. The molecule has 0 amide bonds. The van der Waals surface area contributed by atoms with Crippen molar-refractivity contribution >= 4 is 17.9 Å². The van der Waals surface area contributed by atoms with Gasteiger partial charge in [0.05, 0.1) is 0 Å². The molecule has 448 valence electrons. The van der Waals surface area contributed by atoms with Gasteiger partial charge in [-0.2, -0.15) is 0 Å². The van der Waals surface area contributed by atoms with Gasteiger partial charge in [-0.25, -0.2) is 0 Å². The van der Waals surface area contributed by atoms with Gasteiger partial charge < -0.3 is 14.2 Å². The summed E-state index contributed by atoms with van der Waals surface area (Å²) in [6, 6.07) is 0. The highest BCUT2D eigenvalue weighted by Crippen LogP contribution is 2.17. The van der Waals surface area contributed by atoms with Gasteiger partial charge in [0.15, 0.2) is 6.10 Å². The van der Waals surface area contributed by atoms with Gasteiger partial charge in [-0.15, -0.1) is 0 Å². The molecule has 0 aromatic carbocycles. The number of ether oxygens (including phenoxy) is 3. The number of esters is 3. The molecule has 6 heteroatoms. The molecule has 0 N–H and O–H groups in total.